The van der Waals surface area contributed by atoms with Gasteiger partial charge in [0.15, 0.2) is 5.96 Å². The molecule has 7 heteroatoms. The van der Waals surface area contributed by atoms with Crippen molar-refractivity contribution in [1.82, 2.24) is 15.6 Å². The van der Waals surface area contributed by atoms with Gasteiger partial charge in [-0.25, -0.2) is 9.98 Å². The fourth-order valence-corrected chi connectivity index (χ4v) is 4.70. The van der Waals surface area contributed by atoms with Crippen molar-refractivity contribution >= 4 is 29.1 Å². The van der Waals surface area contributed by atoms with E-state index in [1.165, 1.54) is 0 Å². The lowest BCUT2D eigenvalue weighted by molar-refractivity contribution is -0.0198. The maximum atomic E-state index is 10.7. The number of guanidine groups is 1. The molecule has 0 saturated heterocycles. The van der Waals surface area contributed by atoms with Crippen LogP contribution in [0.1, 0.15) is 57.2 Å². The van der Waals surface area contributed by atoms with Crippen LogP contribution in [-0.2, 0) is 6.54 Å². The van der Waals surface area contributed by atoms with Crippen molar-refractivity contribution in [1.29, 1.82) is 0 Å². The molecule has 0 aliphatic heterocycles. The zero-order valence-corrected chi connectivity index (χ0v) is 16.8. The van der Waals surface area contributed by atoms with E-state index in [2.05, 4.69) is 46.8 Å². The third-order valence-corrected chi connectivity index (χ3v) is 6.51. The number of thioether (sulfide) groups is 1. The summed E-state index contributed by atoms with van der Waals surface area (Å²) >= 11 is 3.50. The molecular formula is C17H30N4OS2. The summed E-state index contributed by atoms with van der Waals surface area (Å²) in [6.07, 6.45) is 1.96. The molecule has 2 rings (SSSR count). The molecule has 1 heterocycles. The monoisotopic (exact) mass is 370 g/mol. The van der Waals surface area contributed by atoms with Crippen molar-refractivity contribution in [2.24, 2.45) is 4.99 Å². The molecule has 136 valence electrons. The van der Waals surface area contributed by atoms with Crippen LogP contribution in [0.2, 0.25) is 0 Å². The molecule has 24 heavy (non-hydrogen) atoms. The van der Waals surface area contributed by atoms with Gasteiger partial charge in [-0.3, -0.25) is 0 Å². The third kappa shape index (κ3) is 5.10. The molecule has 0 radical (unpaired) electrons. The Labute approximate surface area is 153 Å². The molecule has 1 aromatic heterocycles. The summed E-state index contributed by atoms with van der Waals surface area (Å²) in [5, 5.41) is 20.7. The van der Waals surface area contributed by atoms with Crippen molar-refractivity contribution in [2.75, 3.05) is 18.8 Å². The molecule has 1 fully saturated rings. The van der Waals surface area contributed by atoms with Crippen LogP contribution in [0.15, 0.2) is 10.4 Å². The number of hydrogen-bond acceptors (Lipinski definition) is 5. The highest BCUT2D eigenvalue weighted by Gasteiger charge is 2.45. The van der Waals surface area contributed by atoms with Crippen molar-refractivity contribution in [2.45, 2.75) is 63.9 Å². The number of rotatable bonds is 8. The molecule has 1 aromatic rings. The number of nitrogens with one attached hydrogen (secondary N) is 2. The zero-order chi connectivity index (χ0) is 17.6. The van der Waals surface area contributed by atoms with E-state index in [1.54, 1.807) is 11.3 Å². The first-order valence-corrected chi connectivity index (χ1v) is 10.7. The van der Waals surface area contributed by atoms with E-state index in [-0.39, 0.29) is 0 Å². The second-order valence-corrected chi connectivity index (χ2v) is 8.88. The number of aromatic nitrogens is 1. The van der Waals surface area contributed by atoms with Crippen LogP contribution >= 0.6 is 23.1 Å². The van der Waals surface area contributed by atoms with Crippen LogP contribution in [0.5, 0.6) is 0 Å². The Morgan fingerprint density at radius 1 is 1.50 bits per heavy atom. The Hall–Kier alpha value is -0.790. The maximum Gasteiger partial charge on any atom is 0.191 e. The van der Waals surface area contributed by atoms with Crippen LogP contribution in [0.25, 0.3) is 0 Å². The van der Waals surface area contributed by atoms with Gasteiger partial charge in [-0.1, -0.05) is 20.8 Å². The zero-order valence-electron chi connectivity index (χ0n) is 15.1. The predicted octanol–water partition coefficient (Wildman–Crippen LogP) is 2.97. The Morgan fingerprint density at radius 3 is 2.83 bits per heavy atom. The lowest BCUT2D eigenvalue weighted by Crippen LogP contribution is -2.58. The lowest BCUT2D eigenvalue weighted by atomic mass is 9.79. The van der Waals surface area contributed by atoms with Gasteiger partial charge < -0.3 is 15.7 Å². The van der Waals surface area contributed by atoms with Gasteiger partial charge in [-0.15, -0.1) is 11.3 Å². The molecule has 0 amide bonds. The van der Waals surface area contributed by atoms with Crippen molar-refractivity contribution < 1.29 is 5.11 Å². The minimum Gasteiger partial charge on any atom is -0.387 e. The minimum atomic E-state index is -0.608. The van der Waals surface area contributed by atoms with Crippen molar-refractivity contribution in [3.63, 3.8) is 0 Å². The molecule has 0 spiro atoms. The normalized spacial score (nSPS) is 24.1. The van der Waals surface area contributed by atoms with E-state index in [0.29, 0.717) is 24.3 Å². The van der Waals surface area contributed by atoms with Crippen LogP contribution < -0.4 is 10.6 Å². The highest BCUT2D eigenvalue weighted by atomic mass is 32.2. The SMILES string of the molecule is CCNC(=NCc1nc(C(C)C)cs1)NCC1(O)CCC1SCC. The summed E-state index contributed by atoms with van der Waals surface area (Å²) in [5.74, 6) is 2.24. The maximum absolute atomic E-state index is 10.7. The Morgan fingerprint density at radius 2 is 2.29 bits per heavy atom. The molecule has 1 aliphatic rings. The molecule has 1 aliphatic carbocycles. The van der Waals surface area contributed by atoms with Crippen molar-refractivity contribution in [3.8, 4) is 0 Å². The molecule has 5 nitrogen and oxygen atoms in total. The largest absolute Gasteiger partial charge is 0.387 e. The summed E-state index contributed by atoms with van der Waals surface area (Å²) in [6, 6.07) is 0. The number of nitrogens with zero attached hydrogens (tertiary/aromatic N) is 2. The summed E-state index contributed by atoms with van der Waals surface area (Å²) in [6.45, 7) is 10.4. The fourth-order valence-electron chi connectivity index (χ4n) is 2.63. The van der Waals surface area contributed by atoms with Gasteiger partial charge in [0.2, 0.25) is 0 Å². The van der Waals surface area contributed by atoms with Gasteiger partial charge in [-0.2, -0.15) is 11.8 Å². The van der Waals surface area contributed by atoms with Crippen LogP contribution in [-0.4, -0.2) is 45.7 Å². The van der Waals surface area contributed by atoms with E-state index < -0.39 is 5.60 Å². The minimum absolute atomic E-state index is 0.338. The fraction of sp³-hybridized carbons (Fsp3) is 0.765. The first-order chi connectivity index (χ1) is 11.5. The van der Waals surface area contributed by atoms with E-state index in [9.17, 15) is 5.11 Å². The second kappa shape index (κ2) is 9.06. The van der Waals surface area contributed by atoms with E-state index in [1.807, 2.05) is 18.7 Å². The standard InChI is InChI=1S/C17H30N4OS2/c1-5-18-16(19-9-15-21-13(10-24-15)12(3)4)20-11-17(22)8-7-14(17)23-6-2/h10,12,14,22H,5-9,11H2,1-4H3,(H2,18,19,20). The molecule has 2 unspecified atom stereocenters. The highest BCUT2D eigenvalue weighted by Crippen LogP contribution is 2.40. The smallest absolute Gasteiger partial charge is 0.191 e. The molecule has 0 aromatic carbocycles. The number of thiazole rings is 1. The Bertz CT molecular complexity index is 546. The summed E-state index contributed by atoms with van der Waals surface area (Å²) in [5.41, 5.74) is 0.523. The van der Waals surface area contributed by atoms with Crippen molar-refractivity contribution in [3.05, 3.63) is 16.1 Å². The van der Waals surface area contributed by atoms with E-state index in [4.69, 9.17) is 0 Å². The third-order valence-electron chi connectivity index (χ3n) is 4.25. The van der Waals surface area contributed by atoms with Crippen LogP contribution in [0.3, 0.4) is 0 Å². The number of aliphatic hydroxyl groups is 1. The summed E-state index contributed by atoms with van der Waals surface area (Å²) in [7, 11) is 0. The molecule has 0 bridgehead atoms. The molecule has 2 atom stereocenters. The van der Waals surface area contributed by atoms with Crippen LogP contribution in [0.4, 0.5) is 0 Å². The first-order valence-electron chi connectivity index (χ1n) is 8.79. The van der Waals surface area contributed by atoms with Gasteiger partial charge in [0.1, 0.15) is 5.01 Å². The van der Waals surface area contributed by atoms with Gasteiger partial charge in [0.25, 0.3) is 0 Å². The van der Waals surface area contributed by atoms with E-state index >= 15 is 0 Å². The van der Waals surface area contributed by atoms with Crippen LogP contribution in [0, 0.1) is 0 Å². The number of aliphatic imine (C=N–C) groups is 1. The molecule has 1 saturated carbocycles. The molecule has 3 N–H and O–H groups in total. The predicted molar refractivity (Wildman–Crippen MR) is 105 cm³/mol. The lowest BCUT2D eigenvalue weighted by Gasteiger charge is -2.45. The number of hydrogen-bond donors (Lipinski definition) is 3. The van der Waals surface area contributed by atoms with E-state index in [0.717, 1.165) is 41.8 Å². The Kier molecular flexibility index (Phi) is 7.37. The Balaban J connectivity index is 1.90. The summed E-state index contributed by atoms with van der Waals surface area (Å²) < 4.78 is 0. The van der Waals surface area contributed by atoms with Gasteiger partial charge in [0, 0.05) is 23.7 Å². The second-order valence-electron chi connectivity index (χ2n) is 6.46. The quantitative estimate of drug-likeness (QED) is 0.485. The topological polar surface area (TPSA) is 69.5 Å². The van der Waals surface area contributed by atoms with Gasteiger partial charge in [0.05, 0.1) is 17.8 Å². The van der Waals surface area contributed by atoms with Gasteiger partial charge in [-0.05, 0) is 31.4 Å². The average molecular weight is 371 g/mol. The first kappa shape index (κ1) is 19.5. The average Bonchev–Trinajstić information content (AvgIpc) is 3.03. The highest BCUT2D eigenvalue weighted by molar-refractivity contribution is 8.00. The molecular weight excluding hydrogens is 340 g/mol. The van der Waals surface area contributed by atoms with Gasteiger partial charge >= 0.3 is 0 Å². The summed E-state index contributed by atoms with van der Waals surface area (Å²) in [4.78, 5) is 9.23.